The average Bonchev–Trinajstić information content (AvgIpc) is 2.38. The number of hydrogen-bond acceptors (Lipinski definition) is 5. The van der Waals surface area contributed by atoms with Crippen molar-refractivity contribution >= 4 is 0 Å². The SMILES string of the molecule is COc1ccc(OC)c(CN(C)CC(N)CO)c1. The molecule has 3 N–H and O–H groups in total. The van der Waals surface area contributed by atoms with Crippen molar-refractivity contribution in [3.8, 4) is 11.5 Å². The van der Waals surface area contributed by atoms with Gasteiger partial charge in [0.05, 0.1) is 20.8 Å². The van der Waals surface area contributed by atoms with Crippen LogP contribution >= 0.6 is 0 Å². The highest BCUT2D eigenvalue weighted by molar-refractivity contribution is 5.40. The van der Waals surface area contributed by atoms with Crippen LogP contribution in [0.2, 0.25) is 0 Å². The van der Waals surface area contributed by atoms with Gasteiger partial charge in [0, 0.05) is 24.7 Å². The second-order valence-electron chi connectivity index (χ2n) is 4.32. The van der Waals surface area contributed by atoms with Crippen molar-refractivity contribution in [1.29, 1.82) is 0 Å². The number of likely N-dealkylation sites (N-methyl/N-ethyl adjacent to an activating group) is 1. The van der Waals surface area contributed by atoms with Crippen molar-refractivity contribution in [1.82, 2.24) is 4.90 Å². The molecule has 0 fully saturated rings. The molecule has 0 saturated heterocycles. The fourth-order valence-electron chi connectivity index (χ4n) is 1.82. The molecule has 1 rings (SSSR count). The Morgan fingerprint density at radius 1 is 1.33 bits per heavy atom. The molecule has 0 aliphatic carbocycles. The summed E-state index contributed by atoms with van der Waals surface area (Å²) in [7, 11) is 5.23. The van der Waals surface area contributed by atoms with Gasteiger partial charge in [-0.2, -0.15) is 0 Å². The number of aliphatic hydroxyl groups is 1. The predicted octanol–water partition coefficient (Wildman–Crippen LogP) is 0.455. The number of benzene rings is 1. The van der Waals surface area contributed by atoms with Crippen LogP contribution < -0.4 is 15.2 Å². The minimum atomic E-state index is -0.230. The van der Waals surface area contributed by atoms with E-state index in [2.05, 4.69) is 0 Å². The number of aliphatic hydroxyl groups excluding tert-OH is 1. The standard InChI is InChI=1S/C13H22N2O3/c1-15(8-11(14)9-16)7-10-6-12(17-2)4-5-13(10)18-3/h4-6,11,16H,7-9,14H2,1-3H3. The Labute approximate surface area is 108 Å². The van der Waals surface area contributed by atoms with Crippen LogP contribution in [0, 0.1) is 0 Å². The lowest BCUT2D eigenvalue weighted by molar-refractivity contribution is 0.217. The second-order valence-corrected chi connectivity index (χ2v) is 4.32. The van der Waals surface area contributed by atoms with E-state index in [1.165, 1.54) is 0 Å². The molecule has 5 nitrogen and oxygen atoms in total. The first kappa shape index (κ1) is 14.8. The minimum absolute atomic E-state index is 0.0143. The summed E-state index contributed by atoms with van der Waals surface area (Å²) in [5.74, 6) is 1.62. The topological polar surface area (TPSA) is 68.0 Å². The Balaban J connectivity index is 2.75. The van der Waals surface area contributed by atoms with Crippen LogP contribution in [0.5, 0.6) is 11.5 Å². The number of nitrogens with two attached hydrogens (primary N) is 1. The fraction of sp³-hybridized carbons (Fsp3) is 0.538. The fourth-order valence-corrected chi connectivity index (χ4v) is 1.82. The molecular formula is C13H22N2O3. The van der Waals surface area contributed by atoms with Crippen LogP contribution in [0.25, 0.3) is 0 Å². The van der Waals surface area contributed by atoms with Gasteiger partial charge >= 0.3 is 0 Å². The van der Waals surface area contributed by atoms with Gasteiger partial charge in [-0.1, -0.05) is 0 Å². The molecule has 0 heterocycles. The van der Waals surface area contributed by atoms with Gasteiger partial charge in [-0.05, 0) is 25.2 Å². The first-order valence-corrected chi connectivity index (χ1v) is 5.86. The van der Waals surface area contributed by atoms with Gasteiger partial charge in [-0.3, -0.25) is 0 Å². The van der Waals surface area contributed by atoms with Crippen LogP contribution in [-0.4, -0.2) is 50.5 Å². The molecule has 1 aromatic carbocycles. The highest BCUT2D eigenvalue weighted by atomic mass is 16.5. The zero-order valence-corrected chi connectivity index (χ0v) is 11.2. The van der Waals surface area contributed by atoms with Crippen LogP contribution in [-0.2, 0) is 6.54 Å². The maximum absolute atomic E-state index is 8.94. The first-order chi connectivity index (χ1) is 8.60. The summed E-state index contributed by atoms with van der Waals surface area (Å²) in [6, 6.07) is 5.46. The summed E-state index contributed by atoms with van der Waals surface area (Å²) in [6.45, 7) is 1.30. The Morgan fingerprint density at radius 3 is 2.61 bits per heavy atom. The third kappa shape index (κ3) is 4.18. The lowest BCUT2D eigenvalue weighted by atomic mass is 10.1. The Hall–Kier alpha value is -1.30. The summed E-state index contributed by atoms with van der Waals surface area (Å²) in [5.41, 5.74) is 6.74. The van der Waals surface area contributed by atoms with E-state index in [9.17, 15) is 0 Å². The van der Waals surface area contributed by atoms with Gasteiger partial charge in [-0.15, -0.1) is 0 Å². The third-order valence-electron chi connectivity index (χ3n) is 2.71. The van der Waals surface area contributed by atoms with Crippen LogP contribution in [0.15, 0.2) is 18.2 Å². The summed E-state index contributed by atoms with van der Waals surface area (Å²) in [4.78, 5) is 2.04. The number of ether oxygens (including phenoxy) is 2. The van der Waals surface area contributed by atoms with Crippen LogP contribution in [0.1, 0.15) is 5.56 Å². The van der Waals surface area contributed by atoms with Gasteiger partial charge in [0.2, 0.25) is 0 Å². The van der Waals surface area contributed by atoms with E-state index in [1.54, 1.807) is 14.2 Å². The zero-order valence-electron chi connectivity index (χ0n) is 11.2. The van der Waals surface area contributed by atoms with Gasteiger partial charge < -0.3 is 25.2 Å². The summed E-state index contributed by atoms with van der Waals surface area (Å²) < 4.78 is 10.5. The van der Waals surface area contributed by atoms with Gasteiger partial charge in [0.25, 0.3) is 0 Å². The molecule has 0 saturated carbocycles. The molecular weight excluding hydrogens is 232 g/mol. The Bertz CT molecular complexity index is 371. The first-order valence-electron chi connectivity index (χ1n) is 5.86. The molecule has 1 unspecified atom stereocenters. The highest BCUT2D eigenvalue weighted by Crippen LogP contribution is 2.24. The predicted molar refractivity (Wildman–Crippen MR) is 70.9 cm³/mol. The van der Waals surface area contributed by atoms with Gasteiger partial charge in [0.15, 0.2) is 0 Å². The number of methoxy groups -OCH3 is 2. The van der Waals surface area contributed by atoms with Crippen molar-refractivity contribution in [2.75, 3.05) is 34.4 Å². The molecule has 0 aliphatic rings. The quantitative estimate of drug-likeness (QED) is 0.739. The van der Waals surface area contributed by atoms with E-state index >= 15 is 0 Å². The molecule has 0 bridgehead atoms. The number of hydrogen-bond donors (Lipinski definition) is 2. The summed E-state index contributed by atoms with van der Waals surface area (Å²) in [6.07, 6.45) is 0. The lowest BCUT2D eigenvalue weighted by Crippen LogP contribution is -2.37. The average molecular weight is 254 g/mol. The van der Waals surface area contributed by atoms with E-state index in [4.69, 9.17) is 20.3 Å². The molecule has 1 aromatic rings. The molecule has 0 radical (unpaired) electrons. The number of nitrogens with zero attached hydrogens (tertiary/aromatic N) is 1. The normalized spacial score (nSPS) is 12.6. The number of rotatable bonds is 7. The second kappa shape index (κ2) is 7.20. The van der Waals surface area contributed by atoms with E-state index in [1.807, 2.05) is 30.1 Å². The smallest absolute Gasteiger partial charge is 0.123 e. The molecule has 0 aliphatic heterocycles. The van der Waals surface area contributed by atoms with Crippen molar-refractivity contribution < 1.29 is 14.6 Å². The Morgan fingerprint density at radius 2 is 2.06 bits per heavy atom. The van der Waals surface area contributed by atoms with Crippen molar-refractivity contribution in [2.45, 2.75) is 12.6 Å². The van der Waals surface area contributed by atoms with E-state index in [0.29, 0.717) is 13.1 Å². The monoisotopic (exact) mass is 254 g/mol. The lowest BCUT2D eigenvalue weighted by Gasteiger charge is -2.21. The largest absolute Gasteiger partial charge is 0.497 e. The van der Waals surface area contributed by atoms with E-state index in [-0.39, 0.29) is 12.6 Å². The van der Waals surface area contributed by atoms with Crippen molar-refractivity contribution in [3.05, 3.63) is 23.8 Å². The van der Waals surface area contributed by atoms with Gasteiger partial charge in [0.1, 0.15) is 11.5 Å². The summed E-state index contributed by atoms with van der Waals surface area (Å²) >= 11 is 0. The molecule has 5 heteroatoms. The third-order valence-corrected chi connectivity index (χ3v) is 2.71. The van der Waals surface area contributed by atoms with Crippen molar-refractivity contribution in [3.63, 3.8) is 0 Å². The molecule has 18 heavy (non-hydrogen) atoms. The van der Waals surface area contributed by atoms with E-state index < -0.39 is 0 Å². The molecule has 102 valence electrons. The van der Waals surface area contributed by atoms with Crippen LogP contribution in [0.3, 0.4) is 0 Å². The maximum atomic E-state index is 8.94. The molecule has 0 spiro atoms. The maximum Gasteiger partial charge on any atom is 0.123 e. The minimum Gasteiger partial charge on any atom is -0.497 e. The molecule has 0 aromatic heterocycles. The Kier molecular flexibility index (Phi) is 5.91. The van der Waals surface area contributed by atoms with E-state index in [0.717, 1.165) is 17.1 Å². The highest BCUT2D eigenvalue weighted by Gasteiger charge is 2.10. The molecule has 1 atom stereocenters. The van der Waals surface area contributed by atoms with Gasteiger partial charge in [-0.25, -0.2) is 0 Å². The zero-order chi connectivity index (χ0) is 13.5. The van der Waals surface area contributed by atoms with Crippen molar-refractivity contribution in [2.24, 2.45) is 5.73 Å². The summed E-state index contributed by atoms with van der Waals surface area (Å²) in [5, 5.41) is 8.94. The molecule has 0 amide bonds. The van der Waals surface area contributed by atoms with Crippen LogP contribution in [0.4, 0.5) is 0 Å².